The predicted molar refractivity (Wildman–Crippen MR) is 77.1 cm³/mol. The molecule has 0 amide bonds. The maximum absolute atomic E-state index is 8.64. The fraction of sp³-hybridized carbons (Fsp3) is 0.143. The van der Waals surface area contributed by atoms with Crippen molar-refractivity contribution in [1.82, 2.24) is 4.98 Å². The number of hydrogen-bond acceptors (Lipinski definition) is 5. The molecule has 1 heterocycles. The first-order valence-corrected chi connectivity index (χ1v) is 6.03. The summed E-state index contributed by atoms with van der Waals surface area (Å²) in [5.74, 6) is 0.787. The van der Waals surface area contributed by atoms with Crippen LogP contribution in [0.4, 0.5) is 5.69 Å². The highest BCUT2D eigenvalue weighted by Crippen LogP contribution is 2.17. The zero-order chi connectivity index (χ0) is 14.4. The summed E-state index contributed by atoms with van der Waals surface area (Å²) in [6, 6.07) is 11.3. The first kappa shape index (κ1) is 13.7. The Balaban J connectivity index is 2.07. The van der Waals surface area contributed by atoms with Crippen LogP contribution in [-0.2, 0) is 6.54 Å². The standard InChI is InChI=1S/C14H16N4O2/c1-20-12-4-2-3-11(8-12)17-9-10-5-6-16-13(7-10)14(15)18-19/h2-8,17,19H,9H2,1H3,(H2,15,18). The van der Waals surface area contributed by atoms with Gasteiger partial charge in [-0.15, -0.1) is 0 Å². The van der Waals surface area contributed by atoms with E-state index in [4.69, 9.17) is 15.7 Å². The highest BCUT2D eigenvalue weighted by molar-refractivity contribution is 5.95. The summed E-state index contributed by atoms with van der Waals surface area (Å²) in [6.45, 7) is 0.599. The van der Waals surface area contributed by atoms with E-state index in [0.29, 0.717) is 12.2 Å². The monoisotopic (exact) mass is 272 g/mol. The van der Waals surface area contributed by atoms with Crippen molar-refractivity contribution in [2.45, 2.75) is 6.54 Å². The van der Waals surface area contributed by atoms with E-state index in [1.165, 1.54) is 0 Å². The number of rotatable bonds is 5. The average molecular weight is 272 g/mol. The van der Waals surface area contributed by atoms with Gasteiger partial charge in [0.25, 0.3) is 0 Å². The topological polar surface area (TPSA) is 92.8 Å². The fourth-order valence-corrected chi connectivity index (χ4v) is 1.71. The van der Waals surface area contributed by atoms with Crippen LogP contribution in [0.2, 0.25) is 0 Å². The zero-order valence-corrected chi connectivity index (χ0v) is 11.1. The number of aromatic nitrogens is 1. The molecular weight excluding hydrogens is 256 g/mol. The molecule has 4 N–H and O–H groups in total. The van der Waals surface area contributed by atoms with E-state index in [0.717, 1.165) is 17.0 Å². The molecular formula is C14H16N4O2. The van der Waals surface area contributed by atoms with Gasteiger partial charge >= 0.3 is 0 Å². The summed E-state index contributed by atoms with van der Waals surface area (Å²) in [4.78, 5) is 4.03. The molecule has 104 valence electrons. The summed E-state index contributed by atoms with van der Waals surface area (Å²) in [6.07, 6.45) is 1.62. The molecule has 2 rings (SSSR count). The molecule has 0 aliphatic rings. The second-order valence-electron chi connectivity index (χ2n) is 4.12. The van der Waals surface area contributed by atoms with Gasteiger partial charge in [0.1, 0.15) is 11.4 Å². The van der Waals surface area contributed by atoms with Crippen LogP contribution in [-0.4, -0.2) is 23.1 Å². The molecule has 0 atom stereocenters. The van der Waals surface area contributed by atoms with E-state index in [1.807, 2.05) is 30.3 Å². The minimum atomic E-state index is -0.00627. The molecule has 2 aromatic rings. The molecule has 0 saturated carbocycles. The molecule has 0 aliphatic heterocycles. The predicted octanol–water partition coefficient (Wildman–Crippen LogP) is 1.80. The SMILES string of the molecule is COc1cccc(NCc2ccnc(C(N)=NO)c2)c1. The van der Waals surface area contributed by atoms with Crippen LogP contribution in [0.5, 0.6) is 5.75 Å². The number of hydrogen-bond donors (Lipinski definition) is 3. The Morgan fingerprint density at radius 1 is 1.40 bits per heavy atom. The third kappa shape index (κ3) is 3.38. The van der Waals surface area contributed by atoms with E-state index < -0.39 is 0 Å². The first-order chi connectivity index (χ1) is 9.72. The Hall–Kier alpha value is -2.76. The van der Waals surface area contributed by atoms with Crippen molar-refractivity contribution in [2.75, 3.05) is 12.4 Å². The van der Waals surface area contributed by atoms with Gasteiger partial charge in [0, 0.05) is 24.5 Å². The molecule has 0 spiro atoms. The summed E-state index contributed by atoms with van der Waals surface area (Å²) >= 11 is 0. The van der Waals surface area contributed by atoms with Gasteiger partial charge in [-0.1, -0.05) is 11.2 Å². The van der Waals surface area contributed by atoms with E-state index >= 15 is 0 Å². The number of nitrogens with one attached hydrogen (secondary N) is 1. The molecule has 20 heavy (non-hydrogen) atoms. The number of anilines is 1. The van der Waals surface area contributed by atoms with Gasteiger partial charge in [0.05, 0.1) is 7.11 Å². The van der Waals surface area contributed by atoms with Gasteiger partial charge in [0.15, 0.2) is 5.84 Å². The number of nitrogens with zero attached hydrogens (tertiary/aromatic N) is 2. The van der Waals surface area contributed by atoms with Crippen molar-refractivity contribution >= 4 is 11.5 Å². The molecule has 0 aliphatic carbocycles. The maximum Gasteiger partial charge on any atom is 0.188 e. The number of nitrogens with two attached hydrogens (primary N) is 1. The average Bonchev–Trinajstić information content (AvgIpc) is 2.52. The summed E-state index contributed by atoms with van der Waals surface area (Å²) in [5.41, 5.74) is 7.88. The number of benzene rings is 1. The summed E-state index contributed by atoms with van der Waals surface area (Å²) in [5, 5.41) is 14.8. The van der Waals surface area contributed by atoms with Crippen molar-refractivity contribution in [3.05, 3.63) is 53.9 Å². The molecule has 0 unspecified atom stereocenters. The summed E-state index contributed by atoms with van der Waals surface area (Å²) in [7, 11) is 1.63. The number of ether oxygens (including phenoxy) is 1. The number of amidine groups is 1. The molecule has 0 bridgehead atoms. The van der Waals surface area contributed by atoms with E-state index in [-0.39, 0.29) is 5.84 Å². The minimum absolute atomic E-state index is 0.00627. The van der Waals surface area contributed by atoms with Crippen molar-refractivity contribution in [3.8, 4) is 5.75 Å². The highest BCUT2D eigenvalue weighted by atomic mass is 16.5. The molecule has 0 radical (unpaired) electrons. The lowest BCUT2D eigenvalue weighted by atomic mass is 10.2. The quantitative estimate of drug-likeness (QED) is 0.334. The molecule has 1 aromatic carbocycles. The second-order valence-corrected chi connectivity index (χ2v) is 4.12. The lowest BCUT2D eigenvalue weighted by Crippen LogP contribution is -2.15. The van der Waals surface area contributed by atoms with Gasteiger partial charge in [0.2, 0.25) is 0 Å². The third-order valence-electron chi connectivity index (χ3n) is 2.76. The highest BCUT2D eigenvalue weighted by Gasteiger charge is 2.02. The molecule has 6 nitrogen and oxygen atoms in total. The van der Waals surface area contributed by atoms with Gasteiger partial charge in [-0.2, -0.15) is 0 Å². The Morgan fingerprint density at radius 3 is 3.00 bits per heavy atom. The largest absolute Gasteiger partial charge is 0.497 e. The normalized spacial score (nSPS) is 11.2. The van der Waals surface area contributed by atoms with Crippen molar-refractivity contribution in [3.63, 3.8) is 0 Å². The van der Waals surface area contributed by atoms with Gasteiger partial charge in [-0.25, -0.2) is 0 Å². The third-order valence-corrected chi connectivity index (χ3v) is 2.76. The van der Waals surface area contributed by atoms with Crippen LogP contribution in [0.25, 0.3) is 0 Å². The number of oxime groups is 1. The second kappa shape index (κ2) is 6.42. The van der Waals surface area contributed by atoms with Gasteiger partial charge < -0.3 is 21.0 Å². The van der Waals surface area contributed by atoms with Crippen molar-refractivity contribution < 1.29 is 9.94 Å². The molecule has 1 aromatic heterocycles. The lowest BCUT2D eigenvalue weighted by Gasteiger charge is -2.08. The van der Waals surface area contributed by atoms with Crippen molar-refractivity contribution in [2.24, 2.45) is 10.9 Å². The minimum Gasteiger partial charge on any atom is -0.497 e. The molecule has 0 saturated heterocycles. The Kier molecular flexibility index (Phi) is 4.39. The molecule has 6 heteroatoms. The Bertz CT molecular complexity index is 614. The van der Waals surface area contributed by atoms with Crippen LogP contribution in [0.15, 0.2) is 47.8 Å². The lowest BCUT2D eigenvalue weighted by molar-refractivity contribution is 0.318. The maximum atomic E-state index is 8.64. The van der Waals surface area contributed by atoms with E-state index in [2.05, 4.69) is 15.5 Å². The van der Waals surface area contributed by atoms with Crippen molar-refractivity contribution in [1.29, 1.82) is 0 Å². The fourth-order valence-electron chi connectivity index (χ4n) is 1.71. The Labute approximate surface area is 116 Å². The van der Waals surface area contributed by atoms with E-state index in [9.17, 15) is 0 Å². The zero-order valence-electron chi connectivity index (χ0n) is 11.1. The van der Waals surface area contributed by atoms with E-state index in [1.54, 1.807) is 19.4 Å². The number of methoxy groups -OCH3 is 1. The van der Waals surface area contributed by atoms with Crippen LogP contribution in [0, 0.1) is 0 Å². The van der Waals surface area contributed by atoms with Crippen LogP contribution in [0.3, 0.4) is 0 Å². The van der Waals surface area contributed by atoms with Gasteiger partial charge in [-0.05, 0) is 29.8 Å². The number of pyridine rings is 1. The Morgan fingerprint density at radius 2 is 2.25 bits per heavy atom. The smallest absolute Gasteiger partial charge is 0.188 e. The summed E-state index contributed by atoms with van der Waals surface area (Å²) < 4.78 is 5.16. The molecule has 0 fully saturated rings. The first-order valence-electron chi connectivity index (χ1n) is 6.03. The van der Waals surface area contributed by atoms with Crippen LogP contribution >= 0.6 is 0 Å². The van der Waals surface area contributed by atoms with Crippen LogP contribution < -0.4 is 15.8 Å². The van der Waals surface area contributed by atoms with Crippen LogP contribution in [0.1, 0.15) is 11.3 Å². The van der Waals surface area contributed by atoms with Gasteiger partial charge in [-0.3, -0.25) is 4.98 Å².